The first kappa shape index (κ1) is 15.5. The summed E-state index contributed by atoms with van der Waals surface area (Å²) in [5.41, 5.74) is 5.97. The van der Waals surface area contributed by atoms with Crippen LogP contribution in [-0.2, 0) is 17.3 Å². The number of rotatable bonds is 5. The SMILES string of the molecule is CC(CCn1nnnc1-c1cc(F)c(F)cc1N)S(C)=O. The molecule has 1 aromatic carbocycles. The maximum Gasteiger partial charge on any atom is 0.184 e. The Morgan fingerprint density at radius 1 is 1.38 bits per heavy atom. The van der Waals surface area contributed by atoms with E-state index >= 15 is 0 Å². The van der Waals surface area contributed by atoms with Gasteiger partial charge in [0.25, 0.3) is 0 Å². The number of nitrogens with two attached hydrogens (primary N) is 1. The van der Waals surface area contributed by atoms with Crippen molar-refractivity contribution in [1.29, 1.82) is 0 Å². The van der Waals surface area contributed by atoms with E-state index in [0.717, 1.165) is 12.1 Å². The Morgan fingerprint density at radius 3 is 2.71 bits per heavy atom. The molecule has 114 valence electrons. The minimum atomic E-state index is -1.02. The lowest BCUT2D eigenvalue weighted by Gasteiger charge is -2.10. The molecule has 6 nitrogen and oxygen atoms in total. The van der Waals surface area contributed by atoms with Crippen LogP contribution in [0, 0.1) is 11.6 Å². The summed E-state index contributed by atoms with van der Waals surface area (Å²) in [6.45, 7) is 2.26. The van der Waals surface area contributed by atoms with Gasteiger partial charge >= 0.3 is 0 Å². The van der Waals surface area contributed by atoms with E-state index in [4.69, 9.17) is 5.73 Å². The molecule has 0 spiro atoms. The Bertz CT molecular complexity index is 676. The summed E-state index contributed by atoms with van der Waals surface area (Å²) in [5.74, 6) is -1.79. The van der Waals surface area contributed by atoms with Gasteiger partial charge in [0.1, 0.15) is 0 Å². The van der Waals surface area contributed by atoms with E-state index < -0.39 is 22.4 Å². The number of aryl methyl sites for hydroxylation is 1. The molecule has 2 rings (SSSR count). The lowest BCUT2D eigenvalue weighted by atomic mass is 10.1. The fourth-order valence-electron chi connectivity index (χ4n) is 1.77. The molecule has 0 aliphatic rings. The molecule has 0 fully saturated rings. The van der Waals surface area contributed by atoms with Crippen molar-refractivity contribution >= 4 is 16.5 Å². The molecule has 1 heterocycles. The second-order valence-electron chi connectivity index (χ2n) is 4.68. The van der Waals surface area contributed by atoms with Crippen LogP contribution in [0.25, 0.3) is 11.4 Å². The Labute approximate surface area is 122 Å². The largest absolute Gasteiger partial charge is 0.398 e. The molecular formula is C12H15F2N5OS. The molecule has 2 N–H and O–H groups in total. The topological polar surface area (TPSA) is 86.7 Å². The number of nitrogen functional groups attached to an aromatic ring is 1. The number of tetrazole rings is 1. The Kier molecular flexibility index (Phi) is 4.61. The first-order chi connectivity index (χ1) is 9.90. The van der Waals surface area contributed by atoms with Gasteiger partial charge in [0.05, 0.1) is 0 Å². The van der Waals surface area contributed by atoms with Crippen LogP contribution in [0.5, 0.6) is 0 Å². The first-order valence-corrected chi connectivity index (χ1v) is 7.85. The lowest BCUT2D eigenvalue weighted by Crippen LogP contribution is -2.14. The molecule has 0 bridgehead atoms. The van der Waals surface area contributed by atoms with Crippen LogP contribution in [0.1, 0.15) is 13.3 Å². The standard InChI is InChI=1S/C12H15F2N5OS/c1-7(21(2)20)3-4-19-12(16-17-18-19)8-5-9(13)10(14)6-11(8)15/h5-7H,3-4,15H2,1-2H3. The average Bonchev–Trinajstić information content (AvgIpc) is 2.88. The van der Waals surface area contributed by atoms with E-state index in [9.17, 15) is 13.0 Å². The van der Waals surface area contributed by atoms with Crippen LogP contribution in [0.3, 0.4) is 0 Å². The summed E-state index contributed by atoms with van der Waals surface area (Å²) >= 11 is 0. The average molecular weight is 315 g/mol. The van der Waals surface area contributed by atoms with E-state index in [1.807, 2.05) is 6.92 Å². The number of benzene rings is 1. The Morgan fingerprint density at radius 2 is 2.05 bits per heavy atom. The smallest absolute Gasteiger partial charge is 0.184 e. The Balaban J connectivity index is 2.28. The second-order valence-corrected chi connectivity index (χ2v) is 6.48. The quantitative estimate of drug-likeness (QED) is 0.842. The molecule has 0 aliphatic carbocycles. The van der Waals surface area contributed by atoms with Crippen molar-refractivity contribution in [2.24, 2.45) is 0 Å². The van der Waals surface area contributed by atoms with Gasteiger partial charge in [-0.15, -0.1) is 5.10 Å². The van der Waals surface area contributed by atoms with Crippen LogP contribution >= 0.6 is 0 Å². The molecule has 9 heteroatoms. The van der Waals surface area contributed by atoms with E-state index in [1.54, 1.807) is 6.26 Å². The molecule has 0 aliphatic heterocycles. The summed E-state index contributed by atoms with van der Waals surface area (Å²) in [7, 11) is -0.950. The summed E-state index contributed by atoms with van der Waals surface area (Å²) in [4.78, 5) is 0. The zero-order chi connectivity index (χ0) is 15.6. The molecule has 0 saturated heterocycles. The number of hydrogen-bond acceptors (Lipinski definition) is 5. The lowest BCUT2D eigenvalue weighted by molar-refractivity contribution is 0.509. The number of aromatic nitrogens is 4. The molecule has 0 radical (unpaired) electrons. The zero-order valence-electron chi connectivity index (χ0n) is 11.6. The van der Waals surface area contributed by atoms with E-state index in [-0.39, 0.29) is 22.3 Å². The molecule has 2 aromatic rings. The maximum atomic E-state index is 13.4. The van der Waals surface area contributed by atoms with Crippen molar-refractivity contribution in [2.45, 2.75) is 25.1 Å². The molecular weight excluding hydrogens is 300 g/mol. The van der Waals surface area contributed by atoms with Crippen LogP contribution in [-0.4, -0.2) is 35.9 Å². The van der Waals surface area contributed by atoms with E-state index in [1.165, 1.54) is 4.68 Å². The minimum absolute atomic E-state index is 0.0237. The molecule has 2 atom stereocenters. The molecule has 1 aromatic heterocycles. The zero-order valence-corrected chi connectivity index (χ0v) is 12.4. The first-order valence-electron chi connectivity index (χ1n) is 6.23. The highest BCUT2D eigenvalue weighted by molar-refractivity contribution is 7.84. The number of nitrogens with zero attached hydrogens (tertiary/aromatic N) is 4. The third kappa shape index (κ3) is 3.41. The van der Waals surface area contributed by atoms with Gasteiger partial charge in [0.15, 0.2) is 17.5 Å². The van der Waals surface area contributed by atoms with Crippen molar-refractivity contribution in [3.63, 3.8) is 0 Å². The predicted molar refractivity (Wildman–Crippen MR) is 75.7 cm³/mol. The van der Waals surface area contributed by atoms with Crippen LogP contribution in [0.15, 0.2) is 12.1 Å². The summed E-state index contributed by atoms with van der Waals surface area (Å²) < 4.78 is 39.2. The molecule has 2 unspecified atom stereocenters. The van der Waals surface area contributed by atoms with Crippen molar-refractivity contribution in [3.05, 3.63) is 23.8 Å². The molecule has 0 amide bonds. The van der Waals surface area contributed by atoms with Crippen molar-refractivity contribution in [2.75, 3.05) is 12.0 Å². The van der Waals surface area contributed by atoms with Gasteiger partial charge in [0, 0.05) is 46.2 Å². The van der Waals surface area contributed by atoms with Crippen LogP contribution in [0.2, 0.25) is 0 Å². The van der Waals surface area contributed by atoms with Gasteiger partial charge in [-0.2, -0.15) is 0 Å². The van der Waals surface area contributed by atoms with Gasteiger partial charge < -0.3 is 5.73 Å². The van der Waals surface area contributed by atoms with Gasteiger partial charge in [0.2, 0.25) is 0 Å². The third-order valence-electron chi connectivity index (χ3n) is 3.18. The Hall–Kier alpha value is -1.90. The van der Waals surface area contributed by atoms with Crippen molar-refractivity contribution in [1.82, 2.24) is 20.2 Å². The summed E-state index contributed by atoms with van der Waals surface area (Å²) in [6, 6.07) is 1.86. The maximum absolute atomic E-state index is 13.4. The predicted octanol–water partition coefficient (Wildman–Crippen LogP) is 1.36. The van der Waals surface area contributed by atoms with Crippen molar-refractivity contribution in [3.8, 4) is 11.4 Å². The minimum Gasteiger partial charge on any atom is -0.398 e. The van der Waals surface area contributed by atoms with Gasteiger partial charge in [-0.05, 0) is 22.9 Å². The number of anilines is 1. The second kappa shape index (κ2) is 6.25. The van der Waals surface area contributed by atoms with Gasteiger partial charge in [-0.3, -0.25) is 4.21 Å². The highest BCUT2D eigenvalue weighted by Gasteiger charge is 2.16. The fraction of sp³-hybridized carbons (Fsp3) is 0.417. The highest BCUT2D eigenvalue weighted by Crippen LogP contribution is 2.26. The van der Waals surface area contributed by atoms with Crippen LogP contribution in [0.4, 0.5) is 14.5 Å². The summed E-state index contributed by atoms with van der Waals surface area (Å²) in [5, 5.41) is 11.1. The fourth-order valence-corrected chi connectivity index (χ4v) is 2.21. The van der Waals surface area contributed by atoms with E-state index in [2.05, 4.69) is 15.5 Å². The van der Waals surface area contributed by atoms with Gasteiger partial charge in [-0.1, -0.05) is 6.92 Å². The summed E-state index contributed by atoms with van der Waals surface area (Å²) in [6.07, 6.45) is 2.21. The molecule has 0 saturated carbocycles. The normalized spacial score (nSPS) is 14.1. The monoisotopic (exact) mass is 315 g/mol. The van der Waals surface area contributed by atoms with Gasteiger partial charge in [-0.25, -0.2) is 13.5 Å². The number of halogens is 2. The van der Waals surface area contributed by atoms with E-state index in [0.29, 0.717) is 13.0 Å². The molecule has 21 heavy (non-hydrogen) atoms. The van der Waals surface area contributed by atoms with Crippen molar-refractivity contribution < 1.29 is 13.0 Å². The number of hydrogen-bond donors (Lipinski definition) is 1. The van der Waals surface area contributed by atoms with Crippen LogP contribution < -0.4 is 5.73 Å². The highest BCUT2D eigenvalue weighted by atomic mass is 32.2. The third-order valence-corrected chi connectivity index (χ3v) is 4.55.